The fourth-order valence-electron chi connectivity index (χ4n) is 3.04. The zero-order chi connectivity index (χ0) is 20.4. The summed E-state index contributed by atoms with van der Waals surface area (Å²) < 4.78 is 15.6. The first-order valence-electron chi connectivity index (χ1n) is 9.04. The zero-order valence-electron chi connectivity index (χ0n) is 15.7. The molecule has 0 aliphatic heterocycles. The summed E-state index contributed by atoms with van der Waals surface area (Å²) in [7, 11) is 1.59. The van der Waals surface area contributed by atoms with Crippen LogP contribution in [0.3, 0.4) is 0 Å². The molecule has 5 nitrogen and oxygen atoms in total. The number of hydrogen-bond acceptors (Lipinski definition) is 4. The minimum absolute atomic E-state index is 0.132. The number of nitrogens with zero attached hydrogens (tertiary/aromatic N) is 3. The lowest BCUT2D eigenvalue weighted by Crippen LogP contribution is -2.33. The van der Waals surface area contributed by atoms with Gasteiger partial charge in [0.25, 0.3) is 5.56 Å². The first-order chi connectivity index (χ1) is 14.0. The first-order valence-corrected chi connectivity index (χ1v) is 9.86. The van der Waals surface area contributed by atoms with E-state index in [1.165, 1.54) is 33.2 Å². The Morgan fingerprint density at radius 2 is 1.86 bits per heavy atom. The molecule has 2 aromatic carbocycles. The smallest absolute Gasteiger partial charge is 0.271 e. The van der Waals surface area contributed by atoms with E-state index in [0.29, 0.717) is 15.8 Å². The van der Waals surface area contributed by atoms with E-state index in [0.717, 1.165) is 10.4 Å². The third-order valence-electron chi connectivity index (χ3n) is 4.66. The summed E-state index contributed by atoms with van der Waals surface area (Å²) in [6, 6.07) is 18.0. The molecule has 0 atom stereocenters. The lowest BCUT2D eigenvalue weighted by molar-refractivity contribution is -0.131. The number of carbonyl (C=O) groups excluding carboxylic acids is 1. The molecule has 0 aliphatic rings. The summed E-state index contributed by atoms with van der Waals surface area (Å²) in [6.07, 6.45) is 1.39. The minimum Gasteiger partial charge on any atom is -0.340 e. The highest BCUT2D eigenvalue weighted by Crippen LogP contribution is 2.30. The fourth-order valence-corrected chi connectivity index (χ4v) is 4.10. The Morgan fingerprint density at radius 1 is 1.14 bits per heavy atom. The van der Waals surface area contributed by atoms with E-state index in [-0.39, 0.29) is 30.4 Å². The van der Waals surface area contributed by atoms with Crippen molar-refractivity contribution in [3.8, 4) is 10.4 Å². The molecule has 146 valence electrons. The topological polar surface area (TPSA) is 55.2 Å². The number of rotatable bonds is 5. The molecule has 0 saturated heterocycles. The molecular weight excluding hydrogens is 389 g/mol. The van der Waals surface area contributed by atoms with E-state index in [4.69, 9.17) is 0 Å². The molecule has 2 aromatic heterocycles. The van der Waals surface area contributed by atoms with Gasteiger partial charge in [0, 0.05) is 24.0 Å². The van der Waals surface area contributed by atoms with Crippen molar-refractivity contribution in [2.75, 3.05) is 7.05 Å². The van der Waals surface area contributed by atoms with E-state index >= 15 is 0 Å². The van der Waals surface area contributed by atoms with Crippen molar-refractivity contribution in [2.24, 2.45) is 0 Å². The Kier molecular flexibility index (Phi) is 5.22. The van der Waals surface area contributed by atoms with Crippen LogP contribution in [0.1, 0.15) is 5.56 Å². The molecule has 29 heavy (non-hydrogen) atoms. The van der Waals surface area contributed by atoms with Crippen molar-refractivity contribution in [3.05, 3.63) is 88.7 Å². The Hall–Kier alpha value is -3.32. The lowest BCUT2D eigenvalue weighted by atomic mass is 10.2. The summed E-state index contributed by atoms with van der Waals surface area (Å²) in [5.41, 5.74) is 1.80. The number of fused-ring (bicyclic) bond motifs is 1. The molecule has 0 spiro atoms. The molecule has 7 heteroatoms. The predicted octanol–water partition coefficient (Wildman–Crippen LogP) is 3.92. The van der Waals surface area contributed by atoms with Crippen molar-refractivity contribution in [1.82, 2.24) is 14.5 Å². The molecular formula is C22H18FN3O2S. The van der Waals surface area contributed by atoms with Gasteiger partial charge in [0.2, 0.25) is 5.91 Å². The van der Waals surface area contributed by atoms with Crippen LogP contribution in [0.25, 0.3) is 20.7 Å². The van der Waals surface area contributed by atoms with Crippen LogP contribution < -0.4 is 5.56 Å². The normalized spacial score (nSPS) is 11.0. The van der Waals surface area contributed by atoms with Gasteiger partial charge < -0.3 is 4.90 Å². The van der Waals surface area contributed by atoms with Crippen molar-refractivity contribution in [2.45, 2.75) is 13.1 Å². The van der Waals surface area contributed by atoms with Gasteiger partial charge in [0.1, 0.15) is 17.1 Å². The van der Waals surface area contributed by atoms with Crippen molar-refractivity contribution in [3.63, 3.8) is 0 Å². The highest BCUT2D eigenvalue weighted by atomic mass is 32.1. The first kappa shape index (κ1) is 19.0. The molecule has 4 aromatic rings. The quantitative estimate of drug-likeness (QED) is 0.504. The summed E-state index contributed by atoms with van der Waals surface area (Å²) in [5, 5.41) is 0. The van der Waals surface area contributed by atoms with Crippen LogP contribution >= 0.6 is 11.3 Å². The van der Waals surface area contributed by atoms with Crippen LogP contribution in [0.2, 0.25) is 0 Å². The summed E-state index contributed by atoms with van der Waals surface area (Å²) in [4.78, 5) is 32.1. The third kappa shape index (κ3) is 3.95. The predicted molar refractivity (Wildman–Crippen MR) is 112 cm³/mol. The Morgan fingerprint density at radius 3 is 2.62 bits per heavy atom. The zero-order valence-corrected chi connectivity index (χ0v) is 16.5. The number of halogens is 1. The average Bonchev–Trinajstić information content (AvgIpc) is 3.17. The minimum atomic E-state index is -0.362. The van der Waals surface area contributed by atoms with Gasteiger partial charge in [-0.2, -0.15) is 0 Å². The molecule has 1 amide bonds. The molecule has 4 rings (SSSR count). The number of aromatic nitrogens is 2. The van der Waals surface area contributed by atoms with Crippen LogP contribution in [0.15, 0.2) is 71.8 Å². The second kappa shape index (κ2) is 7.97. The van der Waals surface area contributed by atoms with Gasteiger partial charge in [-0.25, -0.2) is 9.37 Å². The maximum atomic E-state index is 13.8. The van der Waals surface area contributed by atoms with E-state index in [2.05, 4.69) is 4.98 Å². The molecule has 0 aliphatic carbocycles. The highest BCUT2D eigenvalue weighted by Gasteiger charge is 2.15. The maximum absolute atomic E-state index is 13.8. The van der Waals surface area contributed by atoms with Crippen LogP contribution in [0.5, 0.6) is 0 Å². The van der Waals surface area contributed by atoms with E-state index in [9.17, 15) is 14.0 Å². The SMILES string of the molecule is CN(Cc1ccccc1F)C(=O)Cn1cnc2cc(-c3ccccc3)sc2c1=O. The van der Waals surface area contributed by atoms with E-state index in [1.54, 1.807) is 25.2 Å². The Labute approximate surface area is 170 Å². The van der Waals surface area contributed by atoms with Crippen molar-refractivity contribution in [1.29, 1.82) is 0 Å². The van der Waals surface area contributed by atoms with Gasteiger partial charge in [-0.15, -0.1) is 11.3 Å². The molecule has 0 radical (unpaired) electrons. The van der Waals surface area contributed by atoms with Crippen LogP contribution in [0.4, 0.5) is 4.39 Å². The number of hydrogen-bond donors (Lipinski definition) is 0. The number of thiophene rings is 1. The second-order valence-corrected chi connectivity index (χ2v) is 7.76. The maximum Gasteiger partial charge on any atom is 0.271 e. The number of likely N-dealkylation sites (N-methyl/N-ethyl adjacent to an activating group) is 1. The van der Waals surface area contributed by atoms with Crippen molar-refractivity contribution < 1.29 is 9.18 Å². The van der Waals surface area contributed by atoms with Gasteiger partial charge in [0.15, 0.2) is 0 Å². The van der Waals surface area contributed by atoms with E-state index in [1.807, 2.05) is 36.4 Å². The molecule has 0 fully saturated rings. The van der Waals surface area contributed by atoms with Crippen molar-refractivity contribution >= 4 is 27.5 Å². The highest BCUT2D eigenvalue weighted by molar-refractivity contribution is 7.22. The standard InChI is InChI=1S/C22H18FN3O2S/c1-25(12-16-9-5-6-10-17(16)23)20(27)13-26-14-24-18-11-19(29-21(18)22(26)28)15-7-3-2-4-8-15/h2-11,14H,12-13H2,1H3. The van der Waals surface area contributed by atoms with Gasteiger partial charge in [-0.05, 0) is 17.7 Å². The number of benzene rings is 2. The summed E-state index contributed by atoms with van der Waals surface area (Å²) in [6.45, 7) is -0.0155. The molecule has 0 unspecified atom stereocenters. The van der Waals surface area contributed by atoms with Gasteiger partial charge in [0.05, 0.1) is 11.8 Å². The van der Waals surface area contributed by atoms with Crippen LogP contribution in [-0.4, -0.2) is 27.4 Å². The number of amides is 1. The lowest BCUT2D eigenvalue weighted by Gasteiger charge is -2.18. The van der Waals surface area contributed by atoms with E-state index < -0.39 is 0 Å². The Bertz CT molecular complexity index is 1230. The molecule has 0 N–H and O–H groups in total. The Balaban J connectivity index is 1.56. The monoisotopic (exact) mass is 407 g/mol. The summed E-state index contributed by atoms with van der Waals surface area (Å²) >= 11 is 1.36. The molecule has 0 saturated carbocycles. The van der Waals surface area contributed by atoms with Gasteiger partial charge >= 0.3 is 0 Å². The second-order valence-electron chi connectivity index (χ2n) is 6.71. The van der Waals surface area contributed by atoms with Gasteiger partial charge in [-0.3, -0.25) is 14.2 Å². The van der Waals surface area contributed by atoms with Crippen LogP contribution in [-0.2, 0) is 17.9 Å². The third-order valence-corrected chi connectivity index (χ3v) is 5.82. The molecule has 0 bridgehead atoms. The summed E-state index contributed by atoms with van der Waals surface area (Å²) in [5.74, 6) is -0.657. The molecule has 2 heterocycles. The number of carbonyl (C=O) groups is 1. The average molecular weight is 407 g/mol. The fraction of sp³-hybridized carbons (Fsp3) is 0.136. The van der Waals surface area contributed by atoms with Crippen LogP contribution in [0, 0.1) is 5.82 Å². The van der Waals surface area contributed by atoms with Gasteiger partial charge in [-0.1, -0.05) is 48.5 Å². The largest absolute Gasteiger partial charge is 0.340 e.